The first kappa shape index (κ1) is 18.8. The lowest BCUT2D eigenvalue weighted by Crippen LogP contribution is -2.08. The van der Waals surface area contributed by atoms with Crippen LogP contribution in [0.1, 0.15) is 41.5 Å². The molecule has 1 aliphatic heterocycles. The molecule has 0 saturated carbocycles. The molecule has 0 aromatic heterocycles. The van der Waals surface area contributed by atoms with Crippen molar-refractivity contribution in [3.05, 3.63) is 77.9 Å². The summed E-state index contributed by atoms with van der Waals surface area (Å²) in [6.45, 7) is 8.03. The fourth-order valence-electron chi connectivity index (χ4n) is 3.20. The van der Waals surface area contributed by atoms with Crippen molar-refractivity contribution in [2.75, 3.05) is 5.75 Å². The van der Waals surface area contributed by atoms with Gasteiger partial charge in [0.2, 0.25) is 0 Å². The SMILES string of the molecule is C=C(CCC(=C)c1ccccc1C(F)(F)F)c1ccc2c(c1)CCCS2. The fraction of sp³-hybridized carbons (Fsp3) is 0.273. The van der Waals surface area contributed by atoms with Gasteiger partial charge in [-0.3, -0.25) is 0 Å². The third-order valence-electron chi connectivity index (χ3n) is 4.66. The lowest BCUT2D eigenvalue weighted by molar-refractivity contribution is -0.137. The molecular weight excluding hydrogens is 353 g/mol. The Morgan fingerprint density at radius 3 is 2.50 bits per heavy atom. The number of hydrogen-bond donors (Lipinski definition) is 0. The average Bonchev–Trinajstić information content (AvgIpc) is 2.64. The molecule has 0 unspecified atom stereocenters. The molecule has 1 heterocycles. The van der Waals surface area contributed by atoms with E-state index in [1.165, 1.54) is 29.0 Å². The topological polar surface area (TPSA) is 0 Å². The maximum Gasteiger partial charge on any atom is 0.416 e. The van der Waals surface area contributed by atoms with Crippen LogP contribution in [0.3, 0.4) is 0 Å². The number of hydrogen-bond acceptors (Lipinski definition) is 1. The summed E-state index contributed by atoms with van der Waals surface area (Å²) in [5.41, 5.74) is 3.40. The number of benzene rings is 2. The van der Waals surface area contributed by atoms with Crippen LogP contribution < -0.4 is 0 Å². The van der Waals surface area contributed by atoms with E-state index in [-0.39, 0.29) is 5.56 Å². The molecule has 1 aliphatic rings. The zero-order chi connectivity index (χ0) is 18.7. The highest BCUT2D eigenvalue weighted by Crippen LogP contribution is 2.37. The van der Waals surface area contributed by atoms with Crippen LogP contribution in [0.25, 0.3) is 11.1 Å². The van der Waals surface area contributed by atoms with E-state index in [0.717, 1.165) is 29.4 Å². The number of rotatable bonds is 5. The number of halogens is 3. The van der Waals surface area contributed by atoms with Crippen LogP contribution in [0.4, 0.5) is 13.2 Å². The third-order valence-corrected chi connectivity index (χ3v) is 5.86. The van der Waals surface area contributed by atoms with Crippen LogP contribution in [0, 0.1) is 0 Å². The zero-order valence-electron chi connectivity index (χ0n) is 14.5. The lowest BCUT2D eigenvalue weighted by Gasteiger charge is -2.17. The van der Waals surface area contributed by atoms with Crippen molar-refractivity contribution >= 4 is 22.9 Å². The van der Waals surface area contributed by atoms with E-state index in [0.29, 0.717) is 18.4 Å². The van der Waals surface area contributed by atoms with Gasteiger partial charge in [-0.25, -0.2) is 0 Å². The van der Waals surface area contributed by atoms with Crippen LogP contribution in [-0.2, 0) is 12.6 Å². The Bertz CT molecular complexity index is 834. The fourth-order valence-corrected chi connectivity index (χ4v) is 4.22. The van der Waals surface area contributed by atoms with Crippen molar-refractivity contribution in [1.29, 1.82) is 0 Å². The first-order chi connectivity index (χ1) is 12.4. The smallest absolute Gasteiger partial charge is 0.166 e. The Morgan fingerprint density at radius 1 is 1.00 bits per heavy atom. The summed E-state index contributed by atoms with van der Waals surface area (Å²) in [4.78, 5) is 1.33. The van der Waals surface area contributed by atoms with Crippen LogP contribution >= 0.6 is 11.8 Å². The molecule has 2 aromatic rings. The van der Waals surface area contributed by atoms with Crippen molar-refractivity contribution < 1.29 is 13.2 Å². The second-order valence-corrected chi connectivity index (χ2v) is 7.66. The van der Waals surface area contributed by atoms with Gasteiger partial charge in [0.1, 0.15) is 0 Å². The maximum absolute atomic E-state index is 13.2. The molecule has 4 heteroatoms. The largest absolute Gasteiger partial charge is 0.416 e. The summed E-state index contributed by atoms with van der Waals surface area (Å²) in [6.07, 6.45) is -1.06. The standard InChI is InChI=1S/C22H21F3S/c1-15(17-11-12-21-18(14-17)6-5-13-26-21)9-10-16(2)19-7-3-4-8-20(19)22(23,24)25/h3-4,7-8,11-12,14H,1-2,5-6,9-10,13H2. The van der Waals surface area contributed by atoms with Crippen LogP contribution in [0.15, 0.2) is 60.5 Å². The molecule has 0 N–H and O–H groups in total. The maximum atomic E-state index is 13.2. The van der Waals surface area contributed by atoms with Gasteiger partial charge < -0.3 is 0 Å². The molecule has 3 rings (SSSR count). The minimum absolute atomic E-state index is 0.176. The van der Waals surface area contributed by atoms with E-state index in [1.807, 2.05) is 11.8 Å². The minimum atomic E-state index is -4.37. The van der Waals surface area contributed by atoms with Gasteiger partial charge in [-0.05, 0) is 71.4 Å². The van der Waals surface area contributed by atoms with Gasteiger partial charge in [-0.15, -0.1) is 11.8 Å². The molecule has 0 amide bonds. The Morgan fingerprint density at radius 2 is 1.73 bits per heavy atom. The molecular formula is C22H21F3S. The summed E-state index contributed by atoms with van der Waals surface area (Å²) in [5.74, 6) is 1.16. The highest BCUT2D eigenvalue weighted by atomic mass is 32.2. The molecule has 26 heavy (non-hydrogen) atoms. The summed E-state index contributed by atoms with van der Waals surface area (Å²) in [5, 5.41) is 0. The van der Waals surface area contributed by atoms with E-state index >= 15 is 0 Å². The normalized spacial score (nSPS) is 14.0. The highest BCUT2D eigenvalue weighted by molar-refractivity contribution is 7.99. The molecule has 0 atom stereocenters. The van der Waals surface area contributed by atoms with Gasteiger partial charge in [0.15, 0.2) is 0 Å². The third kappa shape index (κ3) is 4.24. The number of allylic oxidation sites excluding steroid dienone is 2. The van der Waals surface area contributed by atoms with Gasteiger partial charge in [-0.2, -0.15) is 13.2 Å². The molecule has 2 aromatic carbocycles. The molecule has 0 aliphatic carbocycles. The molecule has 136 valence electrons. The monoisotopic (exact) mass is 374 g/mol. The summed E-state index contributed by atoms with van der Waals surface area (Å²) >= 11 is 1.88. The van der Waals surface area contributed by atoms with Gasteiger partial charge in [0.25, 0.3) is 0 Å². The molecule has 0 radical (unpaired) electrons. The van der Waals surface area contributed by atoms with Crippen molar-refractivity contribution in [1.82, 2.24) is 0 Å². The molecule has 0 saturated heterocycles. The number of thioether (sulfide) groups is 1. The summed E-state index contributed by atoms with van der Waals surface area (Å²) in [7, 11) is 0. The Balaban J connectivity index is 1.70. The minimum Gasteiger partial charge on any atom is -0.166 e. The number of alkyl halides is 3. The van der Waals surface area contributed by atoms with Gasteiger partial charge >= 0.3 is 6.18 Å². The first-order valence-electron chi connectivity index (χ1n) is 8.64. The summed E-state index contributed by atoms with van der Waals surface area (Å²) < 4.78 is 39.5. The van der Waals surface area contributed by atoms with Crippen molar-refractivity contribution in [3.63, 3.8) is 0 Å². The van der Waals surface area contributed by atoms with Crippen molar-refractivity contribution in [2.45, 2.75) is 36.8 Å². The quantitative estimate of drug-likeness (QED) is 0.531. The molecule has 0 nitrogen and oxygen atoms in total. The molecule has 0 fully saturated rings. The van der Waals surface area contributed by atoms with E-state index in [2.05, 4.69) is 31.4 Å². The van der Waals surface area contributed by atoms with E-state index in [4.69, 9.17) is 0 Å². The van der Waals surface area contributed by atoms with E-state index in [1.54, 1.807) is 6.07 Å². The predicted molar refractivity (Wildman–Crippen MR) is 104 cm³/mol. The first-order valence-corrected chi connectivity index (χ1v) is 9.63. The van der Waals surface area contributed by atoms with Gasteiger partial charge in [0.05, 0.1) is 5.56 Å². The van der Waals surface area contributed by atoms with Gasteiger partial charge in [0, 0.05) is 4.90 Å². The molecule has 0 bridgehead atoms. The van der Waals surface area contributed by atoms with Crippen molar-refractivity contribution in [2.24, 2.45) is 0 Å². The predicted octanol–water partition coefficient (Wildman–Crippen LogP) is 7.25. The number of aryl methyl sites for hydroxylation is 1. The second-order valence-electron chi connectivity index (χ2n) is 6.52. The zero-order valence-corrected chi connectivity index (χ0v) is 15.3. The van der Waals surface area contributed by atoms with Crippen LogP contribution in [0.2, 0.25) is 0 Å². The average molecular weight is 374 g/mol. The Kier molecular flexibility index (Phi) is 5.61. The Hall–Kier alpha value is -1.94. The van der Waals surface area contributed by atoms with Crippen LogP contribution in [0.5, 0.6) is 0 Å². The molecule has 0 spiro atoms. The lowest BCUT2D eigenvalue weighted by atomic mass is 9.93. The second kappa shape index (κ2) is 7.75. The number of fused-ring (bicyclic) bond motifs is 1. The van der Waals surface area contributed by atoms with E-state index in [9.17, 15) is 13.2 Å². The highest BCUT2D eigenvalue weighted by Gasteiger charge is 2.33. The van der Waals surface area contributed by atoms with Gasteiger partial charge in [-0.1, -0.05) is 43.5 Å². The summed E-state index contributed by atoms with van der Waals surface area (Å²) in [6, 6.07) is 12.0. The van der Waals surface area contributed by atoms with Crippen molar-refractivity contribution in [3.8, 4) is 0 Å². The Labute approximate surface area is 156 Å². The van der Waals surface area contributed by atoms with Crippen LogP contribution in [-0.4, -0.2) is 5.75 Å². The van der Waals surface area contributed by atoms with E-state index < -0.39 is 11.7 Å².